The van der Waals surface area contributed by atoms with Gasteiger partial charge in [0.2, 0.25) is 0 Å². The van der Waals surface area contributed by atoms with Crippen LogP contribution in [-0.4, -0.2) is 11.3 Å². The van der Waals surface area contributed by atoms with E-state index in [1.165, 1.54) is 16.7 Å². The van der Waals surface area contributed by atoms with Crippen LogP contribution in [0.25, 0.3) is 10.8 Å². The summed E-state index contributed by atoms with van der Waals surface area (Å²) >= 11 is 2.27. The van der Waals surface area contributed by atoms with Crippen LogP contribution in [0.4, 0.5) is 0 Å². The monoisotopic (exact) mass is 441 g/mol. The minimum atomic E-state index is 0. The van der Waals surface area contributed by atoms with Crippen LogP contribution in [0.15, 0.2) is 59.2 Å². The standard InChI is InChI=1S/C10H8O.C9H13.C2H6Si.2ClH.Ti/c11-10-6-5-8-3-1-2-4-9(8)7-10;1-6-5-7(2)9(4)8(6)3;1-3-2;;;/h1-7,11H;6H,1-4H3;1-2H3;2*1H;/q;-1;;;;+2/p-2. The van der Waals surface area contributed by atoms with Crippen LogP contribution in [0.3, 0.4) is 0 Å². The summed E-state index contributed by atoms with van der Waals surface area (Å²) in [6.07, 6.45) is 3.48. The number of hydrogen-bond donors (Lipinski definition) is 1. The second kappa shape index (κ2) is 13.6. The molecule has 140 valence electrons. The van der Waals surface area contributed by atoms with Crippen LogP contribution >= 0.6 is 0 Å². The Balaban J connectivity index is 0. The first-order valence-electron chi connectivity index (χ1n) is 8.19. The van der Waals surface area contributed by atoms with E-state index in [9.17, 15) is 0 Å². The Kier molecular flexibility index (Phi) is 14.5. The van der Waals surface area contributed by atoms with Crippen LogP contribution in [-0.2, 0) is 19.2 Å². The Morgan fingerprint density at radius 1 is 0.962 bits per heavy atom. The van der Waals surface area contributed by atoms with Gasteiger partial charge in [-0.05, 0) is 22.9 Å². The maximum absolute atomic E-state index is 9.13. The van der Waals surface area contributed by atoms with Crippen molar-refractivity contribution >= 4 is 17.0 Å². The number of phenols is 1. The molecular formula is C21H27Cl2OSiTi-. The van der Waals surface area contributed by atoms with Crippen molar-refractivity contribution in [2.24, 2.45) is 5.92 Å². The van der Waals surface area contributed by atoms with E-state index in [1.54, 1.807) is 12.1 Å². The number of hydrogen-bond acceptors (Lipinski definition) is 1. The Labute approximate surface area is 183 Å². The maximum atomic E-state index is 9.13. The Hall–Kier alpha value is -0.509. The van der Waals surface area contributed by atoms with E-state index in [2.05, 4.69) is 66.0 Å². The number of fused-ring (bicyclic) bond motifs is 1. The summed E-state index contributed by atoms with van der Waals surface area (Å²) in [7, 11) is 0. The largest absolute Gasteiger partial charge is 1.00 e. The Bertz CT molecular complexity index is 780. The number of halogens is 2. The molecule has 2 aromatic carbocycles. The molecule has 1 aliphatic carbocycles. The quantitative estimate of drug-likeness (QED) is 0.452. The SMILES string of the molecule is CC1=[C-]C(C)C(C)=C1C.C[Si](C)=[Ti+2].Oc1ccc2ccccc2c1.[Cl-].[Cl-]. The molecule has 2 aromatic rings. The summed E-state index contributed by atoms with van der Waals surface area (Å²) in [5.74, 6) is 0.883. The molecule has 1 atom stereocenters. The van der Waals surface area contributed by atoms with Crippen molar-refractivity contribution in [1.29, 1.82) is 0 Å². The van der Waals surface area contributed by atoms with Crippen molar-refractivity contribution in [2.45, 2.75) is 40.8 Å². The van der Waals surface area contributed by atoms with Crippen LogP contribution in [0.2, 0.25) is 13.1 Å². The van der Waals surface area contributed by atoms with Crippen LogP contribution in [0, 0.1) is 12.0 Å². The summed E-state index contributed by atoms with van der Waals surface area (Å²) in [4.78, 5) is 0. The molecule has 1 nitrogen and oxygen atoms in total. The first kappa shape index (κ1) is 27.7. The molecule has 5 heteroatoms. The van der Waals surface area contributed by atoms with Crippen molar-refractivity contribution in [3.63, 3.8) is 0 Å². The summed E-state index contributed by atoms with van der Waals surface area (Å²) in [6.45, 7) is 13.2. The summed E-state index contributed by atoms with van der Waals surface area (Å²) in [6, 6.07) is 13.3. The van der Waals surface area contributed by atoms with Gasteiger partial charge in [-0.3, -0.25) is 6.08 Å². The molecule has 0 amide bonds. The second-order valence-corrected chi connectivity index (χ2v) is 13.0. The average Bonchev–Trinajstić information content (AvgIpc) is 2.73. The van der Waals surface area contributed by atoms with Gasteiger partial charge < -0.3 is 29.9 Å². The van der Waals surface area contributed by atoms with Gasteiger partial charge in [0.05, 0.1) is 0 Å². The molecule has 0 spiro atoms. The smallest absolute Gasteiger partial charge is 0.116 e. The molecule has 1 N–H and O–H groups in total. The molecule has 0 radical (unpaired) electrons. The van der Waals surface area contributed by atoms with Crippen molar-refractivity contribution in [2.75, 3.05) is 0 Å². The third kappa shape index (κ3) is 9.43. The van der Waals surface area contributed by atoms with E-state index in [0.717, 1.165) is 10.8 Å². The first-order chi connectivity index (χ1) is 11.2. The van der Waals surface area contributed by atoms with Gasteiger partial charge in [-0.15, -0.1) is 6.92 Å². The van der Waals surface area contributed by atoms with Gasteiger partial charge in [0.1, 0.15) is 5.75 Å². The number of allylic oxidation sites excluding steroid dienone is 4. The van der Waals surface area contributed by atoms with E-state index in [1.807, 2.05) is 30.3 Å². The van der Waals surface area contributed by atoms with Crippen LogP contribution in [0.5, 0.6) is 5.75 Å². The van der Waals surface area contributed by atoms with Gasteiger partial charge in [-0.1, -0.05) is 57.0 Å². The van der Waals surface area contributed by atoms with Gasteiger partial charge in [-0.25, -0.2) is 5.57 Å². The number of phenolic OH excluding ortho intramolecular Hbond substituents is 1. The van der Waals surface area contributed by atoms with Gasteiger partial charge in [-0.2, -0.15) is 11.1 Å². The fraction of sp³-hybridized carbons (Fsp3) is 0.333. The molecular weight excluding hydrogens is 415 g/mol. The van der Waals surface area contributed by atoms with E-state index in [-0.39, 0.29) is 31.0 Å². The van der Waals surface area contributed by atoms with E-state index >= 15 is 0 Å². The molecule has 3 rings (SSSR count). The third-order valence-corrected chi connectivity index (χ3v) is 3.97. The Morgan fingerprint density at radius 2 is 1.46 bits per heavy atom. The van der Waals surface area contributed by atoms with Crippen LogP contribution < -0.4 is 24.8 Å². The molecule has 1 aliphatic rings. The third-order valence-electron chi connectivity index (χ3n) is 3.97. The van der Waals surface area contributed by atoms with Gasteiger partial charge in [0.15, 0.2) is 0 Å². The van der Waals surface area contributed by atoms with E-state index in [0.29, 0.717) is 11.7 Å². The fourth-order valence-electron chi connectivity index (χ4n) is 2.34. The molecule has 0 saturated carbocycles. The number of aromatic hydroxyl groups is 1. The van der Waals surface area contributed by atoms with Crippen molar-refractivity contribution in [1.82, 2.24) is 0 Å². The molecule has 0 aromatic heterocycles. The molecule has 0 aliphatic heterocycles. The first-order valence-corrected chi connectivity index (χ1v) is 13.0. The molecule has 1 unspecified atom stereocenters. The predicted octanol–water partition coefficient (Wildman–Crippen LogP) is 0.0597. The maximum Gasteiger partial charge on any atom is 0.116 e. The minimum absolute atomic E-state index is 0. The van der Waals surface area contributed by atoms with Crippen molar-refractivity contribution in [3.05, 3.63) is 65.3 Å². The average molecular weight is 442 g/mol. The summed E-state index contributed by atoms with van der Waals surface area (Å²) in [5, 5.41) is 11.4. The predicted molar refractivity (Wildman–Crippen MR) is 103 cm³/mol. The van der Waals surface area contributed by atoms with E-state index in [4.69, 9.17) is 5.11 Å². The fourth-order valence-corrected chi connectivity index (χ4v) is 2.34. The normalized spacial score (nSPS) is 14.8. The topological polar surface area (TPSA) is 20.2 Å². The zero-order valence-electron chi connectivity index (χ0n) is 16.3. The summed E-state index contributed by atoms with van der Waals surface area (Å²) < 4.78 is 0. The van der Waals surface area contributed by atoms with Gasteiger partial charge >= 0.3 is 38.5 Å². The molecule has 0 saturated heterocycles. The van der Waals surface area contributed by atoms with Crippen molar-refractivity contribution < 1.29 is 49.1 Å². The molecule has 0 bridgehead atoms. The number of benzene rings is 2. The zero-order valence-corrected chi connectivity index (χ0v) is 20.4. The zero-order chi connectivity index (χ0) is 18.3. The Morgan fingerprint density at radius 3 is 1.85 bits per heavy atom. The second-order valence-electron chi connectivity index (χ2n) is 6.33. The molecule has 0 heterocycles. The van der Waals surface area contributed by atoms with Crippen molar-refractivity contribution in [3.8, 4) is 5.75 Å². The minimum Gasteiger partial charge on any atom is -1.00 e. The number of rotatable bonds is 0. The van der Waals surface area contributed by atoms with Crippen LogP contribution in [0.1, 0.15) is 27.7 Å². The van der Waals surface area contributed by atoms with Gasteiger partial charge in [0.25, 0.3) is 0 Å². The van der Waals surface area contributed by atoms with E-state index < -0.39 is 0 Å². The summed E-state index contributed by atoms with van der Waals surface area (Å²) in [5.41, 5.74) is 4.25. The van der Waals surface area contributed by atoms with Gasteiger partial charge in [0, 0.05) is 0 Å². The molecule has 26 heavy (non-hydrogen) atoms. The molecule has 0 fully saturated rings.